The van der Waals surface area contributed by atoms with Crippen molar-refractivity contribution in [3.63, 3.8) is 0 Å². The van der Waals surface area contributed by atoms with E-state index in [1.807, 2.05) is 47.9 Å². The maximum absolute atomic E-state index is 16.0. The highest BCUT2D eigenvalue weighted by molar-refractivity contribution is 7.18. The Bertz CT molecular complexity index is 1870. The number of carbonyl (C=O) groups excluding carboxylic acids is 2. The molecule has 9 nitrogen and oxygen atoms in total. The second-order valence-electron chi connectivity index (χ2n) is 12.6. The highest BCUT2D eigenvalue weighted by Gasteiger charge is 2.53. The molecule has 0 aliphatic carbocycles. The number of benzene rings is 1. The number of carbonyl (C=O) groups is 2. The highest BCUT2D eigenvalue weighted by atomic mass is 32.1. The zero-order chi connectivity index (χ0) is 31.8. The minimum absolute atomic E-state index is 0.0416. The largest absolute Gasteiger partial charge is 0.490 e. The maximum atomic E-state index is 16.0. The molecule has 0 radical (unpaired) electrons. The third-order valence-electron chi connectivity index (χ3n) is 9.03. The van der Waals surface area contributed by atoms with Gasteiger partial charge in [-0.05, 0) is 44.4 Å². The monoisotopic (exact) mass is 632 g/mol. The van der Waals surface area contributed by atoms with Crippen LogP contribution in [0.25, 0.3) is 32.6 Å². The number of thiophene rings is 1. The van der Waals surface area contributed by atoms with Gasteiger partial charge in [0.25, 0.3) is 0 Å². The van der Waals surface area contributed by atoms with E-state index in [-0.39, 0.29) is 40.7 Å². The van der Waals surface area contributed by atoms with E-state index in [0.717, 1.165) is 53.8 Å². The van der Waals surface area contributed by atoms with Gasteiger partial charge in [0, 0.05) is 72.8 Å². The van der Waals surface area contributed by atoms with E-state index in [4.69, 9.17) is 14.8 Å². The van der Waals surface area contributed by atoms with E-state index in [2.05, 4.69) is 11.5 Å². The lowest BCUT2D eigenvalue weighted by atomic mass is 9.72. The fraction of sp³-hybridized carbons (Fsp3) is 0.394. The predicted molar refractivity (Wildman–Crippen MR) is 169 cm³/mol. The zero-order valence-corrected chi connectivity index (χ0v) is 26.5. The van der Waals surface area contributed by atoms with E-state index in [1.54, 1.807) is 11.8 Å². The van der Waals surface area contributed by atoms with E-state index < -0.39 is 11.6 Å². The van der Waals surface area contributed by atoms with Gasteiger partial charge in [-0.3, -0.25) is 14.3 Å². The number of nitrogens with zero attached hydrogens (tertiary/aromatic N) is 6. The average Bonchev–Trinajstić information content (AvgIpc) is 3.59. The molecule has 0 saturated carbocycles. The first-order valence-electron chi connectivity index (χ1n) is 15.1. The normalized spacial score (nSPS) is 18.6. The minimum Gasteiger partial charge on any atom is -0.490 e. The molecule has 234 valence electrons. The number of rotatable bonds is 6. The van der Waals surface area contributed by atoms with Crippen molar-refractivity contribution in [2.24, 2.45) is 5.41 Å². The van der Waals surface area contributed by atoms with Crippen LogP contribution >= 0.6 is 11.3 Å². The lowest BCUT2D eigenvalue weighted by Gasteiger charge is -2.60. The number of hydrogen-bond acceptors (Lipinski definition) is 7. The molecule has 12 heteroatoms. The summed E-state index contributed by atoms with van der Waals surface area (Å²) in [7, 11) is 0. The van der Waals surface area contributed by atoms with Crippen LogP contribution in [-0.4, -0.2) is 75.2 Å². The lowest BCUT2D eigenvalue weighted by molar-refractivity contribution is -0.142. The summed E-state index contributed by atoms with van der Waals surface area (Å²) in [5.74, 6) is -0.714. The summed E-state index contributed by atoms with van der Waals surface area (Å²) in [5, 5.41) is 7.74. The van der Waals surface area contributed by atoms with Crippen molar-refractivity contribution >= 4 is 39.1 Å². The van der Waals surface area contributed by atoms with E-state index in [1.165, 1.54) is 23.5 Å². The first-order valence-corrected chi connectivity index (χ1v) is 16.0. The fourth-order valence-electron chi connectivity index (χ4n) is 6.94. The molecule has 1 atom stereocenters. The number of likely N-dealkylation sites (tertiary alicyclic amines) is 1. The summed E-state index contributed by atoms with van der Waals surface area (Å²) in [4.78, 5) is 35.4. The van der Waals surface area contributed by atoms with Crippen LogP contribution in [0, 0.1) is 17.0 Å². The number of ether oxygens (including phenoxy) is 1. The van der Waals surface area contributed by atoms with Gasteiger partial charge in [-0.25, -0.2) is 13.8 Å². The van der Waals surface area contributed by atoms with Crippen LogP contribution in [0.15, 0.2) is 42.3 Å². The molecule has 0 bridgehead atoms. The van der Waals surface area contributed by atoms with Gasteiger partial charge < -0.3 is 19.4 Å². The van der Waals surface area contributed by atoms with Gasteiger partial charge in [0.2, 0.25) is 11.8 Å². The van der Waals surface area contributed by atoms with Crippen molar-refractivity contribution in [1.29, 1.82) is 0 Å². The molecule has 1 spiro atoms. The van der Waals surface area contributed by atoms with Crippen LogP contribution in [0.5, 0.6) is 5.75 Å². The lowest BCUT2D eigenvalue weighted by Crippen LogP contribution is -2.73. The molecular formula is C33H34F2N6O3S. The number of hydrogen-bond donors (Lipinski definition) is 0. The standard InChI is InChI=1S/C33H34F2N6O3S/c1-6-27(43)40-8-9-41-25(19(40)4)13-24(37-41)30-29(28-23(35)11-21(34)12-26(28)44-18(2)3)31-22(7-10-45-31)32(36-30)39-16-33(17-39)14-38(15-33)20(5)42/h6-7,10-13,18-19H,1,8-9,14-17H2,2-5H3/t19-/m1/s1. The number of anilines is 1. The van der Waals surface area contributed by atoms with Gasteiger partial charge in [0.05, 0.1) is 29.9 Å². The number of fused-ring (bicyclic) bond motifs is 2. The molecular weight excluding hydrogens is 598 g/mol. The van der Waals surface area contributed by atoms with E-state index >= 15 is 4.39 Å². The first kappa shape index (κ1) is 29.4. The van der Waals surface area contributed by atoms with Gasteiger partial charge in [-0.1, -0.05) is 6.58 Å². The molecule has 3 aromatic heterocycles. The number of halogens is 2. The van der Waals surface area contributed by atoms with Crippen molar-refractivity contribution in [3.8, 4) is 28.3 Å². The smallest absolute Gasteiger partial charge is 0.246 e. The van der Waals surface area contributed by atoms with Crippen molar-refractivity contribution in [1.82, 2.24) is 24.6 Å². The summed E-state index contributed by atoms with van der Waals surface area (Å²) < 4.78 is 39.2. The van der Waals surface area contributed by atoms with Gasteiger partial charge >= 0.3 is 0 Å². The minimum atomic E-state index is -0.752. The fourth-order valence-corrected chi connectivity index (χ4v) is 7.89. The Morgan fingerprint density at radius 2 is 1.89 bits per heavy atom. The van der Waals surface area contributed by atoms with Gasteiger partial charge in [-0.2, -0.15) is 5.10 Å². The molecule has 3 aliphatic rings. The van der Waals surface area contributed by atoms with E-state index in [9.17, 15) is 14.0 Å². The van der Waals surface area contributed by atoms with Crippen molar-refractivity contribution < 1.29 is 23.1 Å². The van der Waals surface area contributed by atoms with Crippen LogP contribution in [-0.2, 0) is 16.1 Å². The summed E-state index contributed by atoms with van der Waals surface area (Å²) in [6.45, 7) is 14.7. The molecule has 7 rings (SSSR count). The molecule has 2 amide bonds. The third-order valence-corrected chi connectivity index (χ3v) is 9.96. The summed E-state index contributed by atoms with van der Waals surface area (Å²) in [5.41, 5.74) is 2.46. The number of amides is 2. The summed E-state index contributed by atoms with van der Waals surface area (Å²) in [6.07, 6.45) is 0.980. The molecule has 2 fully saturated rings. The zero-order valence-electron chi connectivity index (χ0n) is 25.6. The Hall–Kier alpha value is -4.32. The van der Waals surface area contributed by atoms with Gasteiger partial charge in [0.1, 0.15) is 34.6 Å². The quantitative estimate of drug-likeness (QED) is 0.256. The Morgan fingerprint density at radius 1 is 1.13 bits per heavy atom. The predicted octanol–water partition coefficient (Wildman–Crippen LogP) is 5.65. The topological polar surface area (TPSA) is 83.8 Å². The molecule has 0 unspecified atom stereocenters. The second-order valence-corrected chi connectivity index (χ2v) is 13.5. The Labute approximate surface area is 263 Å². The molecule has 6 heterocycles. The number of aromatic nitrogens is 3. The molecule has 3 aliphatic heterocycles. The third kappa shape index (κ3) is 4.77. The van der Waals surface area contributed by atoms with Crippen LogP contribution in [0.2, 0.25) is 0 Å². The maximum Gasteiger partial charge on any atom is 0.246 e. The SMILES string of the molecule is C=CC(=O)N1CCn2nc(-c3nc(N4CC5(CN(C(C)=O)C5)C4)c4ccsc4c3-c3c(F)cc(F)cc3OC(C)C)cc2[C@H]1C. The molecule has 1 aromatic carbocycles. The van der Waals surface area contributed by atoms with Crippen molar-refractivity contribution in [2.75, 3.05) is 37.6 Å². The molecule has 4 aromatic rings. The Balaban J connectivity index is 1.40. The Kier molecular flexibility index (Phi) is 6.95. The van der Waals surface area contributed by atoms with Gasteiger partial charge in [0.15, 0.2) is 0 Å². The van der Waals surface area contributed by atoms with Gasteiger partial charge in [-0.15, -0.1) is 11.3 Å². The molecule has 45 heavy (non-hydrogen) atoms. The van der Waals surface area contributed by atoms with E-state index in [0.29, 0.717) is 30.0 Å². The molecule has 0 N–H and O–H groups in total. The van der Waals surface area contributed by atoms with Crippen molar-refractivity contribution in [3.05, 3.63) is 59.6 Å². The first-order chi connectivity index (χ1) is 21.5. The second kappa shape index (κ2) is 10.6. The van der Waals surface area contributed by atoms with Crippen LogP contribution in [0.3, 0.4) is 0 Å². The Morgan fingerprint density at radius 3 is 2.58 bits per heavy atom. The molecule has 2 saturated heterocycles. The average molecular weight is 633 g/mol. The van der Waals surface area contributed by atoms with Crippen molar-refractivity contribution in [2.45, 2.75) is 46.4 Å². The summed E-state index contributed by atoms with van der Waals surface area (Å²) >= 11 is 1.46. The summed E-state index contributed by atoms with van der Waals surface area (Å²) in [6, 6.07) is 5.70. The van der Waals surface area contributed by atoms with Crippen LogP contribution < -0.4 is 9.64 Å². The van der Waals surface area contributed by atoms with Crippen LogP contribution in [0.4, 0.5) is 14.6 Å². The highest BCUT2D eigenvalue weighted by Crippen LogP contribution is 2.50. The number of pyridine rings is 1. The van der Waals surface area contributed by atoms with Crippen LogP contribution in [0.1, 0.15) is 39.4 Å².